The standard InChI is InChI=1S/C18H18Cl2N2O3/c1-11(13-6-4-3-5-7-13)8-17(24)25-10-16(23)22-18-15(20)9-14(19)12(2)21-18/h3-7,9,11H,8,10H2,1-2H3,(H,21,22,23)/t11-/m0/s1. The van der Waals surface area contributed by atoms with E-state index in [1.807, 2.05) is 37.3 Å². The van der Waals surface area contributed by atoms with Crippen LogP contribution < -0.4 is 5.32 Å². The van der Waals surface area contributed by atoms with Crippen molar-refractivity contribution in [1.82, 2.24) is 4.98 Å². The van der Waals surface area contributed by atoms with E-state index in [0.717, 1.165) is 5.56 Å². The average molecular weight is 381 g/mol. The van der Waals surface area contributed by atoms with Crippen LogP contribution in [0.4, 0.5) is 5.82 Å². The topological polar surface area (TPSA) is 68.3 Å². The van der Waals surface area contributed by atoms with Gasteiger partial charge in [-0.1, -0.05) is 60.5 Å². The predicted octanol–water partition coefficient (Wildman–Crippen LogP) is 4.37. The highest BCUT2D eigenvalue weighted by molar-refractivity contribution is 6.36. The van der Waals surface area contributed by atoms with E-state index >= 15 is 0 Å². The highest BCUT2D eigenvalue weighted by Crippen LogP contribution is 2.25. The molecule has 1 atom stereocenters. The summed E-state index contributed by atoms with van der Waals surface area (Å²) in [7, 11) is 0. The molecule has 2 rings (SSSR count). The van der Waals surface area contributed by atoms with Gasteiger partial charge in [-0.2, -0.15) is 0 Å². The maximum Gasteiger partial charge on any atom is 0.306 e. The fourth-order valence-corrected chi connectivity index (χ4v) is 2.57. The van der Waals surface area contributed by atoms with E-state index < -0.39 is 18.5 Å². The third-order valence-electron chi connectivity index (χ3n) is 3.57. The van der Waals surface area contributed by atoms with Crippen molar-refractivity contribution in [3.8, 4) is 0 Å². The molecule has 0 aliphatic heterocycles. The zero-order valence-electron chi connectivity index (χ0n) is 13.9. The second-order valence-corrected chi connectivity index (χ2v) is 6.43. The Bertz CT molecular complexity index is 766. The number of benzene rings is 1. The van der Waals surface area contributed by atoms with Gasteiger partial charge in [-0.05, 0) is 24.5 Å². The molecule has 2 aromatic rings. The largest absolute Gasteiger partial charge is 0.456 e. The summed E-state index contributed by atoms with van der Waals surface area (Å²) in [5.74, 6) is -0.774. The number of ether oxygens (including phenoxy) is 1. The number of hydrogen-bond donors (Lipinski definition) is 1. The Labute approximate surface area is 156 Å². The van der Waals surface area contributed by atoms with Gasteiger partial charge >= 0.3 is 5.97 Å². The van der Waals surface area contributed by atoms with Gasteiger partial charge in [0.25, 0.3) is 5.91 Å². The Morgan fingerprint density at radius 1 is 1.20 bits per heavy atom. The minimum atomic E-state index is -0.517. The number of anilines is 1. The number of halogens is 2. The van der Waals surface area contributed by atoms with Crippen molar-refractivity contribution in [2.75, 3.05) is 11.9 Å². The van der Waals surface area contributed by atoms with Crippen molar-refractivity contribution in [1.29, 1.82) is 0 Å². The third kappa shape index (κ3) is 5.73. The number of amides is 1. The second-order valence-electron chi connectivity index (χ2n) is 5.61. The van der Waals surface area contributed by atoms with Crippen molar-refractivity contribution in [2.45, 2.75) is 26.2 Å². The summed E-state index contributed by atoms with van der Waals surface area (Å²) in [5.41, 5.74) is 1.58. The number of esters is 1. The number of nitrogens with zero attached hydrogens (tertiary/aromatic N) is 1. The lowest BCUT2D eigenvalue weighted by Crippen LogP contribution is -2.22. The Hall–Kier alpha value is -2.11. The van der Waals surface area contributed by atoms with Crippen LogP contribution in [-0.2, 0) is 14.3 Å². The number of carbonyl (C=O) groups excluding carboxylic acids is 2. The molecule has 1 heterocycles. The summed E-state index contributed by atoms with van der Waals surface area (Å²) in [6, 6.07) is 11.1. The first kappa shape index (κ1) is 19.2. The lowest BCUT2D eigenvalue weighted by atomic mass is 9.98. The molecule has 0 unspecified atom stereocenters. The van der Waals surface area contributed by atoms with Crippen molar-refractivity contribution < 1.29 is 14.3 Å². The molecule has 0 radical (unpaired) electrons. The molecule has 5 nitrogen and oxygen atoms in total. The van der Waals surface area contributed by atoms with Gasteiger partial charge in [0.2, 0.25) is 0 Å². The number of pyridine rings is 1. The summed E-state index contributed by atoms with van der Waals surface area (Å²) >= 11 is 11.9. The smallest absolute Gasteiger partial charge is 0.306 e. The van der Waals surface area contributed by atoms with Crippen molar-refractivity contribution in [3.05, 3.63) is 57.7 Å². The van der Waals surface area contributed by atoms with Crippen LogP contribution in [0.15, 0.2) is 36.4 Å². The molecular formula is C18H18Cl2N2O3. The van der Waals surface area contributed by atoms with E-state index in [4.69, 9.17) is 27.9 Å². The van der Waals surface area contributed by atoms with E-state index in [2.05, 4.69) is 10.3 Å². The molecule has 0 aliphatic rings. The third-order valence-corrected chi connectivity index (χ3v) is 4.24. The summed E-state index contributed by atoms with van der Waals surface area (Å²) in [6.45, 7) is 3.22. The Morgan fingerprint density at radius 3 is 2.56 bits per heavy atom. The molecule has 1 amide bonds. The van der Waals surface area contributed by atoms with Crippen molar-refractivity contribution >= 4 is 40.9 Å². The molecule has 0 fully saturated rings. The molecule has 1 aromatic carbocycles. The number of aromatic nitrogens is 1. The van der Waals surface area contributed by atoms with Gasteiger partial charge < -0.3 is 10.1 Å². The molecule has 0 spiro atoms. The van der Waals surface area contributed by atoms with Crippen LogP contribution >= 0.6 is 23.2 Å². The maximum atomic E-state index is 11.9. The Kier molecular flexibility index (Phi) is 6.79. The second kappa shape index (κ2) is 8.83. The molecule has 132 valence electrons. The van der Waals surface area contributed by atoms with E-state index in [1.165, 1.54) is 6.07 Å². The van der Waals surface area contributed by atoms with Crippen molar-refractivity contribution in [3.63, 3.8) is 0 Å². The minimum absolute atomic E-state index is 0.00628. The zero-order chi connectivity index (χ0) is 18.4. The number of nitrogens with one attached hydrogen (secondary N) is 1. The number of aryl methyl sites for hydroxylation is 1. The van der Waals surface area contributed by atoms with Crippen LogP contribution in [0.2, 0.25) is 10.0 Å². The van der Waals surface area contributed by atoms with Gasteiger partial charge in [0.1, 0.15) is 0 Å². The average Bonchev–Trinajstić information content (AvgIpc) is 2.58. The zero-order valence-corrected chi connectivity index (χ0v) is 15.4. The van der Waals surface area contributed by atoms with E-state index in [9.17, 15) is 9.59 Å². The first-order valence-corrected chi connectivity index (χ1v) is 8.45. The van der Waals surface area contributed by atoms with Gasteiger partial charge in [-0.3, -0.25) is 9.59 Å². The fraction of sp³-hybridized carbons (Fsp3) is 0.278. The lowest BCUT2D eigenvalue weighted by molar-refractivity contribution is -0.147. The van der Waals surface area contributed by atoms with Crippen molar-refractivity contribution in [2.24, 2.45) is 0 Å². The molecule has 0 saturated heterocycles. The van der Waals surface area contributed by atoms with Gasteiger partial charge in [-0.25, -0.2) is 4.98 Å². The highest BCUT2D eigenvalue weighted by Gasteiger charge is 2.15. The maximum absolute atomic E-state index is 11.9. The van der Waals surface area contributed by atoms with Crippen LogP contribution in [-0.4, -0.2) is 23.5 Å². The first-order valence-electron chi connectivity index (χ1n) is 7.70. The lowest BCUT2D eigenvalue weighted by Gasteiger charge is -2.12. The Morgan fingerprint density at radius 2 is 1.88 bits per heavy atom. The van der Waals surface area contributed by atoms with Crippen LogP contribution in [0.3, 0.4) is 0 Å². The SMILES string of the molecule is Cc1nc(NC(=O)COC(=O)C[C@H](C)c2ccccc2)c(Cl)cc1Cl. The number of carbonyl (C=O) groups is 2. The molecule has 25 heavy (non-hydrogen) atoms. The molecule has 1 aromatic heterocycles. The fourth-order valence-electron chi connectivity index (χ4n) is 2.17. The molecule has 0 bridgehead atoms. The normalized spacial score (nSPS) is 11.7. The summed E-state index contributed by atoms with van der Waals surface area (Å²) in [5, 5.41) is 3.12. The monoisotopic (exact) mass is 380 g/mol. The predicted molar refractivity (Wildman–Crippen MR) is 98.1 cm³/mol. The quantitative estimate of drug-likeness (QED) is 0.755. The van der Waals surface area contributed by atoms with Gasteiger partial charge in [0.05, 0.1) is 22.2 Å². The van der Waals surface area contributed by atoms with Crippen LogP contribution in [0.5, 0.6) is 0 Å². The van der Waals surface area contributed by atoms with Crippen LogP contribution in [0.25, 0.3) is 0 Å². The van der Waals surface area contributed by atoms with Gasteiger partial charge in [0, 0.05) is 0 Å². The molecular weight excluding hydrogens is 363 g/mol. The van der Waals surface area contributed by atoms with E-state index in [-0.39, 0.29) is 23.2 Å². The van der Waals surface area contributed by atoms with E-state index in [0.29, 0.717) is 10.7 Å². The summed E-state index contributed by atoms with van der Waals surface area (Å²) in [6.07, 6.45) is 0.191. The van der Waals surface area contributed by atoms with Gasteiger partial charge in [0.15, 0.2) is 12.4 Å². The van der Waals surface area contributed by atoms with E-state index in [1.54, 1.807) is 6.92 Å². The van der Waals surface area contributed by atoms with Crippen LogP contribution in [0.1, 0.15) is 30.5 Å². The minimum Gasteiger partial charge on any atom is -0.456 e. The van der Waals surface area contributed by atoms with Gasteiger partial charge in [-0.15, -0.1) is 0 Å². The van der Waals surface area contributed by atoms with Crippen LogP contribution in [0, 0.1) is 6.92 Å². The summed E-state index contributed by atoms with van der Waals surface area (Å²) < 4.78 is 5.01. The molecule has 7 heteroatoms. The number of rotatable bonds is 6. The number of hydrogen-bond acceptors (Lipinski definition) is 4. The summed E-state index contributed by atoms with van der Waals surface area (Å²) in [4.78, 5) is 27.9. The molecule has 0 saturated carbocycles. The highest BCUT2D eigenvalue weighted by atomic mass is 35.5. The first-order chi connectivity index (χ1) is 11.9. The molecule has 1 N–H and O–H groups in total. The molecule has 0 aliphatic carbocycles. The Balaban J connectivity index is 1.83.